The van der Waals surface area contributed by atoms with E-state index in [1.165, 1.54) is 0 Å². The van der Waals surface area contributed by atoms with E-state index in [2.05, 4.69) is 16.0 Å². The number of benzene rings is 1. The highest BCUT2D eigenvalue weighted by Crippen LogP contribution is 2.11. The molecule has 0 heterocycles. The largest absolute Gasteiger partial charge is 0.480 e. The van der Waals surface area contributed by atoms with Crippen LogP contribution in [0, 0.1) is 5.92 Å². The van der Waals surface area contributed by atoms with E-state index in [4.69, 9.17) is 5.11 Å². The standard InChI is InChI=1S/C15H23N3O3/c1-10(2)7-13(14(19)20)18-15(21)17-12-6-4-5-11(8-12)9-16-3/h4-6,8,10,13,16H,7,9H2,1-3H3,(H,19,20)(H2,17,18,21). The molecule has 1 aromatic carbocycles. The van der Waals surface area contributed by atoms with Crippen molar-refractivity contribution in [1.82, 2.24) is 10.6 Å². The molecule has 0 aliphatic rings. The predicted molar refractivity (Wildman–Crippen MR) is 82.2 cm³/mol. The van der Waals surface area contributed by atoms with Crippen LogP contribution in [0.2, 0.25) is 0 Å². The molecule has 4 N–H and O–H groups in total. The maximum atomic E-state index is 11.9. The summed E-state index contributed by atoms with van der Waals surface area (Å²) < 4.78 is 0. The van der Waals surface area contributed by atoms with Crippen molar-refractivity contribution in [1.29, 1.82) is 0 Å². The predicted octanol–water partition coefficient (Wildman–Crippen LogP) is 2.03. The highest BCUT2D eigenvalue weighted by atomic mass is 16.4. The molecule has 0 fully saturated rings. The quantitative estimate of drug-likeness (QED) is 0.619. The molecule has 0 aliphatic heterocycles. The van der Waals surface area contributed by atoms with Gasteiger partial charge in [-0.2, -0.15) is 0 Å². The Morgan fingerprint density at radius 1 is 1.29 bits per heavy atom. The van der Waals surface area contributed by atoms with Crippen molar-refractivity contribution in [3.05, 3.63) is 29.8 Å². The van der Waals surface area contributed by atoms with Crippen LogP contribution in [-0.4, -0.2) is 30.2 Å². The topological polar surface area (TPSA) is 90.5 Å². The summed E-state index contributed by atoms with van der Waals surface area (Å²) in [5.41, 5.74) is 1.67. The number of hydrogen-bond acceptors (Lipinski definition) is 3. The third kappa shape index (κ3) is 6.27. The van der Waals surface area contributed by atoms with Crippen molar-refractivity contribution in [2.45, 2.75) is 32.9 Å². The third-order valence-corrected chi connectivity index (χ3v) is 2.88. The second-order valence-electron chi connectivity index (χ2n) is 5.35. The summed E-state index contributed by atoms with van der Waals surface area (Å²) in [6.07, 6.45) is 0.391. The van der Waals surface area contributed by atoms with Gasteiger partial charge in [-0.3, -0.25) is 0 Å². The van der Waals surface area contributed by atoms with E-state index in [0.29, 0.717) is 18.7 Å². The molecule has 0 saturated carbocycles. The van der Waals surface area contributed by atoms with Crippen molar-refractivity contribution in [3.8, 4) is 0 Å². The van der Waals surface area contributed by atoms with E-state index in [1.54, 1.807) is 6.07 Å². The monoisotopic (exact) mass is 293 g/mol. The first-order valence-corrected chi connectivity index (χ1v) is 6.96. The summed E-state index contributed by atoms with van der Waals surface area (Å²) in [7, 11) is 1.84. The Balaban J connectivity index is 2.63. The van der Waals surface area contributed by atoms with Crippen LogP contribution in [0.15, 0.2) is 24.3 Å². The summed E-state index contributed by atoms with van der Waals surface area (Å²) in [6, 6.07) is 5.99. The van der Waals surface area contributed by atoms with Crippen LogP contribution in [0.1, 0.15) is 25.8 Å². The molecule has 0 spiro atoms. The zero-order valence-electron chi connectivity index (χ0n) is 12.6. The maximum absolute atomic E-state index is 11.9. The number of nitrogens with one attached hydrogen (secondary N) is 3. The highest BCUT2D eigenvalue weighted by Gasteiger charge is 2.20. The van der Waals surface area contributed by atoms with Crippen LogP contribution in [0.3, 0.4) is 0 Å². The van der Waals surface area contributed by atoms with Crippen molar-refractivity contribution in [3.63, 3.8) is 0 Å². The first-order valence-electron chi connectivity index (χ1n) is 6.96. The Bertz CT molecular complexity index is 489. The van der Waals surface area contributed by atoms with Crippen LogP contribution in [0.4, 0.5) is 10.5 Å². The van der Waals surface area contributed by atoms with E-state index in [0.717, 1.165) is 5.56 Å². The average Bonchev–Trinajstić information content (AvgIpc) is 2.38. The molecule has 0 radical (unpaired) electrons. The number of rotatable bonds is 7. The van der Waals surface area contributed by atoms with Crippen LogP contribution >= 0.6 is 0 Å². The number of carbonyl (C=O) groups is 2. The summed E-state index contributed by atoms with van der Waals surface area (Å²) in [6.45, 7) is 4.52. The Morgan fingerprint density at radius 2 is 2.00 bits per heavy atom. The first kappa shape index (κ1) is 17.0. The molecule has 116 valence electrons. The molecule has 21 heavy (non-hydrogen) atoms. The summed E-state index contributed by atoms with van der Waals surface area (Å²) >= 11 is 0. The van der Waals surface area contributed by atoms with Gasteiger partial charge >= 0.3 is 12.0 Å². The molecule has 6 heteroatoms. The minimum Gasteiger partial charge on any atom is -0.480 e. The number of carboxylic acid groups (broad SMARTS) is 1. The van der Waals surface area contributed by atoms with Crippen molar-refractivity contribution >= 4 is 17.7 Å². The Morgan fingerprint density at radius 3 is 2.57 bits per heavy atom. The zero-order valence-corrected chi connectivity index (χ0v) is 12.6. The Kier molecular flexibility index (Phi) is 6.68. The number of amides is 2. The van der Waals surface area contributed by atoms with Crippen LogP contribution in [0.5, 0.6) is 0 Å². The van der Waals surface area contributed by atoms with E-state index in [1.807, 2.05) is 39.1 Å². The smallest absolute Gasteiger partial charge is 0.326 e. The van der Waals surface area contributed by atoms with Gasteiger partial charge in [0.25, 0.3) is 0 Å². The highest BCUT2D eigenvalue weighted by molar-refractivity contribution is 5.92. The van der Waals surface area contributed by atoms with Gasteiger partial charge in [0.2, 0.25) is 0 Å². The summed E-state index contributed by atoms with van der Waals surface area (Å²) in [5.74, 6) is -0.840. The fourth-order valence-corrected chi connectivity index (χ4v) is 1.98. The van der Waals surface area contributed by atoms with Crippen molar-refractivity contribution in [2.75, 3.05) is 12.4 Å². The first-order chi connectivity index (χ1) is 9.92. The zero-order chi connectivity index (χ0) is 15.8. The lowest BCUT2D eigenvalue weighted by Gasteiger charge is -2.17. The molecule has 2 amide bonds. The van der Waals surface area contributed by atoms with Gasteiger partial charge in [-0.1, -0.05) is 26.0 Å². The number of carboxylic acids is 1. The SMILES string of the molecule is CNCc1cccc(NC(=O)NC(CC(C)C)C(=O)O)c1. The fourth-order valence-electron chi connectivity index (χ4n) is 1.98. The lowest BCUT2D eigenvalue weighted by atomic mass is 10.0. The van der Waals surface area contributed by atoms with E-state index >= 15 is 0 Å². The van der Waals surface area contributed by atoms with Gasteiger partial charge in [-0.05, 0) is 37.1 Å². The lowest BCUT2D eigenvalue weighted by molar-refractivity contribution is -0.139. The van der Waals surface area contributed by atoms with Gasteiger partial charge < -0.3 is 21.1 Å². The average molecular weight is 293 g/mol. The number of carbonyl (C=O) groups excluding carboxylic acids is 1. The molecule has 1 atom stereocenters. The van der Waals surface area contributed by atoms with Crippen molar-refractivity contribution in [2.24, 2.45) is 5.92 Å². The minimum atomic E-state index is -1.03. The molecule has 1 rings (SSSR count). The third-order valence-electron chi connectivity index (χ3n) is 2.88. The number of urea groups is 1. The molecular weight excluding hydrogens is 270 g/mol. The van der Waals surface area contributed by atoms with E-state index in [-0.39, 0.29) is 5.92 Å². The molecule has 1 unspecified atom stereocenters. The second-order valence-corrected chi connectivity index (χ2v) is 5.35. The van der Waals surface area contributed by atoms with Gasteiger partial charge in [0.15, 0.2) is 0 Å². The number of anilines is 1. The molecular formula is C15H23N3O3. The van der Waals surface area contributed by atoms with Gasteiger partial charge in [0.1, 0.15) is 6.04 Å². The summed E-state index contributed by atoms with van der Waals surface area (Å²) in [4.78, 5) is 23.0. The normalized spacial score (nSPS) is 12.0. The molecule has 0 aliphatic carbocycles. The summed E-state index contributed by atoms with van der Waals surface area (Å²) in [5, 5.41) is 17.3. The lowest BCUT2D eigenvalue weighted by Crippen LogP contribution is -2.43. The second kappa shape index (κ2) is 8.26. The minimum absolute atomic E-state index is 0.186. The van der Waals surface area contributed by atoms with Crippen LogP contribution in [0.25, 0.3) is 0 Å². The van der Waals surface area contributed by atoms with Gasteiger partial charge in [-0.25, -0.2) is 9.59 Å². The Hall–Kier alpha value is -2.08. The molecule has 6 nitrogen and oxygen atoms in total. The Labute approximate surface area is 124 Å². The van der Waals surface area contributed by atoms with Crippen molar-refractivity contribution < 1.29 is 14.7 Å². The molecule has 0 bridgehead atoms. The van der Waals surface area contributed by atoms with E-state index in [9.17, 15) is 9.59 Å². The van der Waals surface area contributed by atoms with E-state index < -0.39 is 18.0 Å². The maximum Gasteiger partial charge on any atom is 0.326 e. The van der Waals surface area contributed by atoms with Gasteiger partial charge in [-0.15, -0.1) is 0 Å². The van der Waals surface area contributed by atoms with Crippen LogP contribution < -0.4 is 16.0 Å². The van der Waals surface area contributed by atoms with Gasteiger partial charge in [0.05, 0.1) is 0 Å². The van der Waals surface area contributed by atoms with Gasteiger partial charge in [0, 0.05) is 12.2 Å². The fraction of sp³-hybridized carbons (Fsp3) is 0.467. The van der Waals surface area contributed by atoms with Crippen LogP contribution in [-0.2, 0) is 11.3 Å². The number of aliphatic carboxylic acids is 1. The number of hydrogen-bond donors (Lipinski definition) is 4. The molecule has 0 saturated heterocycles. The molecule has 1 aromatic rings. The molecule has 0 aromatic heterocycles.